The fourth-order valence-electron chi connectivity index (χ4n) is 2.93. The Labute approximate surface area is 153 Å². The van der Waals surface area contributed by atoms with Gasteiger partial charge < -0.3 is 9.88 Å². The van der Waals surface area contributed by atoms with Crippen LogP contribution < -0.4 is 5.32 Å². The molecule has 25 heavy (non-hydrogen) atoms. The van der Waals surface area contributed by atoms with Crippen molar-refractivity contribution in [1.82, 2.24) is 4.57 Å². The molecule has 3 aromatic rings. The molecule has 0 aliphatic carbocycles. The number of rotatable bonds is 5. The summed E-state index contributed by atoms with van der Waals surface area (Å²) in [6.07, 6.45) is 4.31. The van der Waals surface area contributed by atoms with Gasteiger partial charge in [-0.1, -0.05) is 47.5 Å². The molecule has 0 fully saturated rings. The molecule has 0 radical (unpaired) electrons. The van der Waals surface area contributed by atoms with Gasteiger partial charge >= 0.3 is 0 Å². The maximum absolute atomic E-state index is 12.6. The number of amides is 1. The summed E-state index contributed by atoms with van der Waals surface area (Å²) in [5.74, 6) is -0.0639. The van der Waals surface area contributed by atoms with Gasteiger partial charge in [-0.05, 0) is 49.2 Å². The van der Waals surface area contributed by atoms with Gasteiger partial charge in [0.25, 0.3) is 0 Å². The predicted molar refractivity (Wildman–Crippen MR) is 103 cm³/mol. The Kier molecular flexibility index (Phi) is 5.25. The monoisotopic (exact) mass is 352 g/mol. The standard InChI is InChI=1S/C21H21ClN2O/c1-15-6-5-7-17(12-15)20(24-10-3-4-11-24)14-21(25)23-19-9-8-16(2)13-18(19)22/h3-13,20H,14H2,1-2H3,(H,23,25)/t20-/m1/s1. The quantitative estimate of drug-likeness (QED) is 0.657. The third-order valence-electron chi connectivity index (χ3n) is 4.19. The molecule has 128 valence electrons. The Morgan fingerprint density at radius 3 is 2.44 bits per heavy atom. The Bertz CT molecular complexity index is 871. The molecule has 0 saturated heterocycles. The highest BCUT2D eigenvalue weighted by molar-refractivity contribution is 6.33. The van der Waals surface area contributed by atoms with Crippen molar-refractivity contribution in [2.75, 3.05) is 5.32 Å². The van der Waals surface area contributed by atoms with E-state index in [0.29, 0.717) is 17.1 Å². The number of aromatic nitrogens is 1. The van der Waals surface area contributed by atoms with Crippen molar-refractivity contribution in [3.8, 4) is 0 Å². The lowest BCUT2D eigenvalue weighted by Gasteiger charge is -2.20. The molecule has 1 N–H and O–H groups in total. The molecule has 2 aromatic carbocycles. The van der Waals surface area contributed by atoms with E-state index in [2.05, 4.69) is 35.0 Å². The number of anilines is 1. The van der Waals surface area contributed by atoms with Gasteiger partial charge in [0.15, 0.2) is 0 Å². The first-order chi connectivity index (χ1) is 12.0. The van der Waals surface area contributed by atoms with E-state index in [4.69, 9.17) is 11.6 Å². The Balaban J connectivity index is 1.82. The lowest BCUT2D eigenvalue weighted by molar-refractivity contribution is -0.116. The summed E-state index contributed by atoms with van der Waals surface area (Å²) in [6, 6.07) is 17.8. The fourth-order valence-corrected chi connectivity index (χ4v) is 3.21. The highest BCUT2D eigenvalue weighted by atomic mass is 35.5. The van der Waals surface area contributed by atoms with Crippen molar-refractivity contribution in [1.29, 1.82) is 0 Å². The third kappa shape index (κ3) is 4.31. The van der Waals surface area contributed by atoms with Gasteiger partial charge in [-0.25, -0.2) is 0 Å². The first-order valence-corrected chi connectivity index (χ1v) is 8.66. The zero-order valence-electron chi connectivity index (χ0n) is 14.4. The zero-order valence-corrected chi connectivity index (χ0v) is 15.1. The molecule has 1 aromatic heterocycles. The zero-order chi connectivity index (χ0) is 17.8. The molecule has 3 nitrogen and oxygen atoms in total. The number of hydrogen-bond acceptors (Lipinski definition) is 1. The number of nitrogens with one attached hydrogen (secondary N) is 1. The van der Waals surface area contributed by atoms with Crippen LogP contribution in [0, 0.1) is 13.8 Å². The molecule has 0 aliphatic rings. The molecule has 1 atom stereocenters. The van der Waals surface area contributed by atoms with E-state index in [9.17, 15) is 4.79 Å². The van der Waals surface area contributed by atoms with E-state index in [1.165, 1.54) is 5.56 Å². The van der Waals surface area contributed by atoms with Crippen LogP contribution >= 0.6 is 11.6 Å². The van der Waals surface area contributed by atoms with Crippen molar-refractivity contribution in [2.45, 2.75) is 26.3 Å². The van der Waals surface area contributed by atoms with Gasteiger partial charge in [0, 0.05) is 12.4 Å². The van der Waals surface area contributed by atoms with Crippen molar-refractivity contribution >= 4 is 23.2 Å². The molecule has 0 unspecified atom stereocenters. The highest BCUT2D eigenvalue weighted by Crippen LogP contribution is 2.26. The molecule has 3 rings (SSSR count). The number of aryl methyl sites for hydroxylation is 2. The molecule has 0 aliphatic heterocycles. The van der Waals surface area contributed by atoms with Crippen LogP contribution in [-0.4, -0.2) is 10.5 Å². The van der Waals surface area contributed by atoms with Crippen LogP contribution in [-0.2, 0) is 4.79 Å². The topological polar surface area (TPSA) is 34.0 Å². The summed E-state index contributed by atoms with van der Waals surface area (Å²) in [5.41, 5.74) is 4.00. The number of nitrogens with zero attached hydrogens (tertiary/aromatic N) is 1. The maximum Gasteiger partial charge on any atom is 0.226 e. The molecule has 0 spiro atoms. The number of carbonyl (C=O) groups is 1. The third-order valence-corrected chi connectivity index (χ3v) is 4.50. The van der Waals surface area contributed by atoms with Crippen LogP contribution in [0.4, 0.5) is 5.69 Å². The average molecular weight is 353 g/mol. The van der Waals surface area contributed by atoms with Crippen LogP contribution in [0.5, 0.6) is 0 Å². The fraction of sp³-hybridized carbons (Fsp3) is 0.190. The molecule has 4 heteroatoms. The molecular weight excluding hydrogens is 332 g/mol. The van der Waals surface area contributed by atoms with E-state index >= 15 is 0 Å². The molecular formula is C21H21ClN2O. The Hall–Kier alpha value is -2.52. The second-order valence-corrected chi connectivity index (χ2v) is 6.70. The van der Waals surface area contributed by atoms with E-state index in [-0.39, 0.29) is 11.9 Å². The van der Waals surface area contributed by atoms with Gasteiger partial charge in [-0.15, -0.1) is 0 Å². The highest BCUT2D eigenvalue weighted by Gasteiger charge is 2.18. The largest absolute Gasteiger partial charge is 0.346 e. The molecule has 1 amide bonds. The van der Waals surface area contributed by atoms with Gasteiger partial charge in [-0.3, -0.25) is 4.79 Å². The minimum atomic E-state index is -0.0639. The van der Waals surface area contributed by atoms with Crippen LogP contribution in [0.15, 0.2) is 67.0 Å². The first kappa shape index (κ1) is 17.3. The summed E-state index contributed by atoms with van der Waals surface area (Å²) < 4.78 is 2.06. The van der Waals surface area contributed by atoms with Crippen LogP contribution in [0.25, 0.3) is 0 Å². The van der Waals surface area contributed by atoms with Gasteiger partial charge in [0.05, 0.1) is 23.2 Å². The minimum absolute atomic E-state index is 0.0564. The first-order valence-electron chi connectivity index (χ1n) is 8.28. The number of carbonyl (C=O) groups excluding carboxylic acids is 1. The second-order valence-electron chi connectivity index (χ2n) is 6.30. The molecule has 0 saturated carbocycles. The van der Waals surface area contributed by atoms with Crippen molar-refractivity contribution < 1.29 is 4.79 Å². The Morgan fingerprint density at radius 2 is 1.76 bits per heavy atom. The van der Waals surface area contributed by atoms with E-state index in [1.54, 1.807) is 0 Å². The number of halogens is 1. The maximum atomic E-state index is 12.6. The van der Waals surface area contributed by atoms with Crippen LogP contribution in [0.1, 0.15) is 29.2 Å². The summed E-state index contributed by atoms with van der Waals surface area (Å²) >= 11 is 6.23. The normalized spacial score (nSPS) is 12.0. The smallest absolute Gasteiger partial charge is 0.226 e. The predicted octanol–water partition coefficient (Wildman–Crippen LogP) is 5.38. The second kappa shape index (κ2) is 7.58. The molecule has 0 bridgehead atoms. The van der Waals surface area contributed by atoms with Crippen molar-refractivity contribution in [3.63, 3.8) is 0 Å². The lowest BCUT2D eigenvalue weighted by Crippen LogP contribution is -2.20. The minimum Gasteiger partial charge on any atom is -0.346 e. The summed E-state index contributed by atoms with van der Waals surface area (Å²) in [6.45, 7) is 4.03. The van der Waals surface area contributed by atoms with E-state index in [0.717, 1.165) is 11.1 Å². The SMILES string of the molecule is Cc1cccc([C@@H](CC(=O)Nc2ccc(C)cc2Cl)n2cccc2)c1. The molecule has 1 heterocycles. The summed E-state index contributed by atoms with van der Waals surface area (Å²) in [4.78, 5) is 12.6. The van der Waals surface area contributed by atoms with Crippen molar-refractivity contribution in [2.24, 2.45) is 0 Å². The summed E-state index contributed by atoms with van der Waals surface area (Å²) in [7, 11) is 0. The van der Waals surface area contributed by atoms with Gasteiger partial charge in [0.1, 0.15) is 0 Å². The van der Waals surface area contributed by atoms with Crippen LogP contribution in [0.3, 0.4) is 0 Å². The van der Waals surface area contributed by atoms with Gasteiger partial charge in [0.2, 0.25) is 5.91 Å². The summed E-state index contributed by atoms with van der Waals surface area (Å²) in [5, 5.41) is 3.49. The average Bonchev–Trinajstić information content (AvgIpc) is 3.09. The van der Waals surface area contributed by atoms with E-state index < -0.39 is 0 Å². The van der Waals surface area contributed by atoms with Gasteiger partial charge in [-0.2, -0.15) is 0 Å². The lowest BCUT2D eigenvalue weighted by atomic mass is 10.0. The number of hydrogen-bond donors (Lipinski definition) is 1. The number of benzene rings is 2. The van der Waals surface area contributed by atoms with E-state index in [1.807, 2.05) is 55.7 Å². The Morgan fingerprint density at radius 1 is 1.04 bits per heavy atom. The van der Waals surface area contributed by atoms with Crippen LogP contribution in [0.2, 0.25) is 5.02 Å². The van der Waals surface area contributed by atoms with Crippen molar-refractivity contribution in [3.05, 3.63) is 88.7 Å².